The molecule has 0 spiro atoms. The Hall–Kier alpha value is -2.82. The van der Waals surface area contributed by atoms with Crippen LogP contribution in [0.15, 0.2) is 54.6 Å². The second-order valence-corrected chi connectivity index (χ2v) is 6.88. The van der Waals surface area contributed by atoms with E-state index >= 15 is 0 Å². The molecule has 144 valence electrons. The van der Waals surface area contributed by atoms with Crippen LogP contribution in [-0.4, -0.2) is 25.0 Å². The Bertz CT molecular complexity index is 740. The fraction of sp³-hybridized carbons (Fsp3) is 0.364. The average Bonchev–Trinajstić information content (AvgIpc) is 2.67. The minimum atomic E-state index is -1.16. The zero-order chi connectivity index (χ0) is 19.7. The SMILES string of the molecule is CCOc1ccc(NC(=O)C(C)(C)C(=O)NCCCc2ccccc2)cc1. The smallest absolute Gasteiger partial charge is 0.239 e. The lowest BCUT2D eigenvalue weighted by Crippen LogP contribution is -2.45. The molecule has 5 heteroatoms. The summed E-state index contributed by atoms with van der Waals surface area (Å²) in [5, 5.41) is 5.66. The van der Waals surface area contributed by atoms with Crippen molar-refractivity contribution in [1.82, 2.24) is 5.32 Å². The first-order valence-corrected chi connectivity index (χ1v) is 9.30. The van der Waals surface area contributed by atoms with Gasteiger partial charge >= 0.3 is 0 Å². The van der Waals surface area contributed by atoms with Crippen LogP contribution in [0.4, 0.5) is 5.69 Å². The van der Waals surface area contributed by atoms with Gasteiger partial charge in [0.25, 0.3) is 0 Å². The maximum atomic E-state index is 12.5. The molecule has 2 amide bonds. The molecule has 2 aromatic carbocycles. The Balaban J connectivity index is 1.81. The lowest BCUT2D eigenvalue weighted by atomic mass is 9.91. The van der Waals surface area contributed by atoms with E-state index in [0.29, 0.717) is 18.8 Å². The zero-order valence-electron chi connectivity index (χ0n) is 16.2. The van der Waals surface area contributed by atoms with Gasteiger partial charge in [-0.3, -0.25) is 9.59 Å². The van der Waals surface area contributed by atoms with Crippen molar-refractivity contribution in [1.29, 1.82) is 0 Å². The van der Waals surface area contributed by atoms with Crippen molar-refractivity contribution < 1.29 is 14.3 Å². The molecular weight excluding hydrogens is 340 g/mol. The molecular formula is C22H28N2O3. The molecule has 5 nitrogen and oxygen atoms in total. The highest BCUT2D eigenvalue weighted by Gasteiger charge is 2.35. The van der Waals surface area contributed by atoms with Gasteiger partial charge in [-0.25, -0.2) is 0 Å². The Morgan fingerprint density at radius 1 is 0.963 bits per heavy atom. The van der Waals surface area contributed by atoms with E-state index in [1.54, 1.807) is 38.1 Å². The van der Waals surface area contributed by atoms with Crippen LogP contribution in [0.25, 0.3) is 0 Å². The number of anilines is 1. The molecule has 2 N–H and O–H groups in total. The fourth-order valence-corrected chi connectivity index (χ4v) is 2.55. The maximum absolute atomic E-state index is 12.5. The number of carbonyl (C=O) groups excluding carboxylic acids is 2. The highest BCUT2D eigenvalue weighted by Crippen LogP contribution is 2.21. The Morgan fingerprint density at radius 2 is 1.63 bits per heavy atom. The molecule has 0 saturated heterocycles. The van der Waals surface area contributed by atoms with Gasteiger partial charge < -0.3 is 15.4 Å². The number of carbonyl (C=O) groups is 2. The van der Waals surface area contributed by atoms with Crippen molar-refractivity contribution in [3.05, 3.63) is 60.2 Å². The maximum Gasteiger partial charge on any atom is 0.239 e. The molecule has 0 bridgehead atoms. The summed E-state index contributed by atoms with van der Waals surface area (Å²) in [4.78, 5) is 25.0. The number of amides is 2. The van der Waals surface area contributed by atoms with Crippen LogP contribution < -0.4 is 15.4 Å². The van der Waals surface area contributed by atoms with Crippen molar-refractivity contribution in [2.45, 2.75) is 33.6 Å². The summed E-state index contributed by atoms with van der Waals surface area (Å²) in [6, 6.07) is 17.2. The molecule has 0 aromatic heterocycles. The van der Waals surface area contributed by atoms with Crippen LogP contribution in [0, 0.1) is 5.41 Å². The molecule has 0 aliphatic carbocycles. The van der Waals surface area contributed by atoms with Crippen LogP contribution in [0.1, 0.15) is 32.8 Å². The summed E-state index contributed by atoms with van der Waals surface area (Å²) in [5.41, 5.74) is 0.707. The Kier molecular flexibility index (Phi) is 7.41. The van der Waals surface area contributed by atoms with E-state index in [1.807, 2.05) is 25.1 Å². The molecule has 0 fully saturated rings. The fourth-order valence-electron chi connectivity index (χ4n) is 2.55. The van der Waals surface area contributed by atoms with E-state index in [4.69, 9.17) is 4.74 Å². The molecule has 0 aliphatic rings. The zero-order valence-corrected chi connectivity index (χ0v) is 16.2. The third-order valence-electron chi connectivity index (χ3n) is 4.33. The monoisotopic (exact) mass is 368 g/mol. The second kappa shape index (κ2) is 9.76. The van der Waals surface area contributed by atoms with Gasteiger partial charge in [0.05, 0.1) is 6.61 Å². The average molecular weight is 368 g/mol. The predicted octanol–water partition coefficient (Wildman–Crippen LogP) is 3.80. The van der Waals surface area contributed by atoms with Crippen molar-refractivity contribution in [2.24, 2.45) is 5.41 Å². The number of aryl methyl sites for hydroxylation is 1. The summed E-state index contributed by atoms with van der Waals surface area (Å²) < 4.78 is 5.38. The first-order chi connectivity index (χ1) is 12.9. The number of ether oxygens (including phenoxy) is 1. The molecule has 0 radical (unpaired) electrons. The lowest BCUT2D eigenvalue weighted by Gasteiger charge is -2.22. The number of hydrogen-bond acceptors (Lipinski definition) is 3. The van der Waals surface area contributed by atoms with Gasteiger partial charge in [-0.05, 0) is 63.4 Å². The summed E-state index contributed by atoms with van der Waals surface area (Å²) in [6.45, 7) is 6.29. The van der Waals surface area contributed by atoms with Crippen LogP contribution in [0.5, 0.6) is 5.75 Å². The molecule has 0 saturated carbocycles. The number of hydrogen-bond donors (Lipinski definition) is 2. The van der Waals surface area contributed by atoms with Gasteiger partial charge in [0.2, 0.25) is 11.8 Å². The first-order valence-electron chi connectivity index (χ1n) is 9.30. The summed E-state index contributed by atoms with van der Waals surface area (Å²) in [6.07, 6.45) is 1.71. The van der Waals surface area contributed by atoms with Crippen molar-refractivity contribution in [2.75, 3.05) is 18.5 Å². The summed E-state index contributed by atoms with van der Waals surface area (Å²) in [5.74, 6) is 0.122. The van der Waals surface area contributed by atoms with Crippen LogP contribution in [0.2, 0.25) is 0 Å². The van der Waals surface area contributed by atoms with Crippen molar-refractivity contribution >= 4 is 17.5 Å². The largest absolute Gasteiger partial charge is 0.494 e. The molecule has 0 heterocycles. The highest BCUT2D eigenvalue weighted by atomic mass is 16.5. The van der Waals surface area contributed by atoms with Crippen molar-refractivity contribution in [3.8, 4) is 5.75 Å². The van der Waals surface area contributed by atoms with Crippen LogP contribution in [-0.2, 0) is 16.0 Å². The molecule has 2 rings (SSSR count). The van der Waals surface area contributed by atoms with Gasteiger partial charge in [0.1, 0.15) is 11.2 Å². The standard InChI is InChI=1S/C22H28N2O3/c1-4-27-19-14-12-18(13-15-19)24-21(26)22(2,3)20(25)23-16-8-11-17-9-6-5-7-10-17/h5-7,9-10,12-15H,4,8,11,16H2,1-3H3,(H,23,25)(H,24,26). The van der Waals surface area contributed by atoms with Gasteiger partial charge in [0.15, 0.2) is 0 Å². The molecule has 0 atom stereocenters. The molecule has 27 heavy (non-hydrogen) atoms. The normalized spacial score (nSPS) is 10.9. The minimum Gasteiger partial charge on any atom is -0.494 e. The van der Waals surface area contributed by atoms with E-state index in [2.05, 4.69) is 22.8 Å². The van der Waals surface area contributed by atoms with Gasteiger partial charge in [0, 0.05) is 12.2 Å². The minimum absolute atomic E-state index is 0.279. The van der Waals surface area contributed by atoms with E-state index in [9.17, 15) is 9.59 Å². The number of nitrogens with one attached hydrogen (secondary N) is 2. The first kappa shape index (κ1) is 20.5. The summed E-state index contributed by atoms with van der Waals surface area (Å²) >= 11 is 0. The third-order valence-corrected chi connectivity index (χ3v) is 4.33. The predicted molar refractivity (Wildman–Crippen MR) is 108 cm³/mol. The Labute approximate surface area is 161 Å². The van der Waals surface area contributed by atoms with Crippen molar-refractivity contribution in [3.63, 3.8) is 0 Å². The third kappa shape index (κ3) is 6.13. The van der Waals surface area contributed by atoms with E-state index in [1.165, 1.54) is 5.56 Å². The topological polar surface area (TPSA) is 67.4 Å². The van der Waals surface area contributed by atoms with Gasteiger partial charge in [-0.1, -0.05) is 30.3 Å². The quantitative estimate of drug-likeness (QED) is 0.523. The number of rotatable bonds is 9. The van der Waals surface area contributed by atoms with Crippen LogP contribution >= 0.6 is 0 Å². The van der Waals surface area contributed by atoms with E-state index in [0.717, 1.165) is 18.6 Å². The highest BCUT2D eigenvalue weighted by molar-refractivity contribution is 6.09. The molecule has 0 unspecified atom stereocenters. The van der Waals surface area contributed by atoms with Gasteiger partial charge in [-0.2, -0.15) is 0 Å². The van der Waals surface area contributed by atoms with E-state index < -0.39 is 5.41 Å². The molecule has 0 aliphatic heterocycles. The molecule has 2 aromatic rings. The Morgan fingerprint density at radius 3 is 2.26 bits per heavy atom. The van der Waals surface area contributed by atoms with Gasteiger partial charge in [-0.15, -0.1) is 0 Å². The lowest BCUT2D eigenvalue weighted by molar-refractivity contribution is -0.138. The van der Waals surface area contributed by atoms with Crippen LogP contribution in [0.3, 0.4) is 0 Å². The van der Waals surface area contributed by atoms with E-state index in [-0.39, 0.29) is 11.8 Å². The summed E-state index contributed by atoms with van der Waals surface area (Å²) in [7, 11) is 0. The second-order valence-electron chi connectivity index (χ2n) is 6.88. The number of benzene rings is 2.